The fourth-order valence-corrected chi connectivity index (χ4v) is 2.62. The minimum atomic E-state index is 0.143. The molecule has 5 heteroatoms. The van der Waals surface area contributed by atoms with E-state index < -0.39 is 0 Å². The molecule has 76 valence electrons. The molecule has 0 radical (unpaired) electrons. The van der Waals surface area contributed by atoms with E-state index in [1.165, 1.54) is 4.88 Å². The lowest BCUT2D eigenvalue weighted by molar-refractivity contribution is -0.131. The number of thiophene rings is 1. The normalized spacial score (nSPS) is 22.9. The molecule has 1 aliphatic heterocycles. The van der Waals surface area contributed by atoms with Gasteiger partial charge in [-0.15, -0.1) is 11.3 Å². The van der Waals surface area contributed by atoms with Crippen LogP contribution < -0.4 is 5.32 Å². The third-order valence-electron chi connectivity index (χ3n) is 2.32. The third kappa shape index (κ3) is 1.92. The van der Waals surface area contributed by atoms with Gasteiger partial charge in [0.2, 0.25) is 5.91 Å². The summed E-state index contributed by atoms with van der Waals surface area (Å²) in [5.74, 6) is 0.143. The summed E-state index contributed by atoms with van der Waals surface area (Å²) in [4.78, 5) is 14.2. The molecule has 1 aromatic rings. The Balaban J connectivity index is 2.10. The van der Waals surface area contributed by atoms with Crippen molar-refractivity contribution < 1.29 is 4.79 Å². The molecule has 1 aliphatic rings. The van der Waals surface area contributed by atoms with Gasteiger partial charge in [-0.05, 0) is 12.1 Å². The highest BCUT2D eigenvalue weighted by Gasteiger charge is 2.24. The molecular weight excluding hydrogens is 220 g/mol. The van der Waals surface area contributed by atoms with Crippen molar-refractivity contribution in [3.05, 3.63) is 21.3 Å². The summed E-state index contributed by atoms with van der Waals surface area (Å²) in [5, 5.41) is 3.19. The Bertz CT molecular complexity index is 352. The second kappa shape index (κ2) is 3.88. The maximum absolute atomic E-state index is 11.2. The zero-order valence-electron chi connectivity index (χ0n) is 7.79. The molecule has 1 N–H and O–H groups in total. The van der Waals surface area contributed by atoms with Gasteiger partial charge >= 0.3 is 0 Å². The van der Waals surface area contributed by atoms with E-state index in [0.717, 1.165) is 10.9 Å². The van der Waals surface area contributed by atoms with Crippen molar-refractivity contribution in [3.8, 4) is 0 Å². The molecule has 3 nitrogen and oxygen atoms in total. The fourth-order valence-electron chi connectivity index (χ4n) is 1.49. The molecule has 2 rings (SSSR count). The van der Waals surface area contributed by atoms with Crippen LogP contribution in [0.5, 0.6) is 0 Å². The summed E-state index contributed by atoms with van der Waals surface area (Å²) < 4.78 is 0.793. The van der Waals surface area contributed by atoms with E-state index in [-0.39, 0.29) is 11.9 Å². The number of hydrogen-bond donors (Lipinski definition) is 1. The van der Waals surface area contributed by atoms with E-state index in [1.54, 1.807) is 16.2 Å². The Morgan fingerprint density at radius 1 is 1.64 bits per heavy atom. The molecular formula is C9H11ClN2OS. The number of piperazine rings is 1. The van der Waals surface area contributed by atoms with E-state index in [0.29, 0.717) is 6.54 Å². The lowest BCUT2D eigenvalue weighted by Gasteiger charge is -2.30. The van der Waals surface area contributed by atoms with E-state index >= 15 is 0 Å². The summed E-state index contributed by atoms with van der Waals surface area (Å²) in [6.07, 6.45) is 0. The summed E-state index contributed by atoms with van der Waals surface area (Å²) in [6, 6.07) is 4.13. The molecule has 14 heavy (non-hydrogen) atoms. The number of carbonyl (C=O) groups is 1. The number of carbonyl (C=O) groups excluding carboxylic acids is 1. The molecule has 0 aliphatic carbocycles. The van der Waals surface area contributed by atoms with Crippen LogP contribution in [0.15, 0.2) is 12.1 Å². The maximum Gasteiger partial charge on any atom is 0.236 e. The Morgan fingerprint density at radius 2 is 2.43 bits per heavy atom. The third-order valence-corrected chi connectivity index (χ3v) is 3.66. The van der Waals surface area contributed by atoms with Crippen molar-refractivity contribution >= 4 is 28.8 Å². The van der Waals surface area contributed by atoms with E-state index in [9.17, 15) is 4.79 Å². The van der Waals surface area contributed by atoms with E-state index in [2.05, 4.69) is 5.32 Å². The van der Waals surface area contributed by atoms with Crippen molar-refractivity contribution in [1.29, 1.82) is 0 Å². The summed E-state index contributed by atoms with van der Waals surface area (Å²) in [7, 11) is 1.82. The smallest absolute Gasteiger partial charge is 0.236 e. The number of amides is 1. The second-order valence-corrected chi connectivity index (χ2v) is 5.10. The van der Waals surface area contributed by atoms with Crippen LogP contribution in [0, 0.1) is 0 Å². The first-order valence-electron chi connectivity index (χ1n) is 4.39. The molecule has 1 fully saturated rings. The lowest BCUT2D eigenvalue weighted by Crippen LogP contribution is -2.47. The van der Waals surface area contributed by atoms with Crippen molar-refractivity contribution in [2.24, 2.45) is 0 Å². The second-order valence-electron chi connectivity index (χ2n) is 3.35. The molecule has 1 unspecified atom stereocenters. The monoisotopic (exact) mass is 230 g/mol. The number of rotatable bonds is 1. The SMILES string of the molecule is CN1CC(c2ccc(Cl)s2)NCC1=O. The zero-order valence-corrected chi connectivity index (χ0v) is 9.36. The maximum atomic E-state index is 11.2. The van der Waals surface area contributed by atoms with Crippen LogP contribution in [-0.4, -0.2) is 30.9 Å². The highest BCUT2D eigenvalue weighted by molar-refractivity contribution is 7.16. The van der Waals surface area contributed by atoms with Crippen LogP contribution in [0.25, 0.3) is 0 Å². The quantitative estimate of drug-likeness (QED) is 0.793. The van der Waals surface area contributed by atoms with Crippen LogP contribution in [0.2, 0.25) is 4.34 Å². The van der Waals surface area contributed by atoms with Crippen LogP contribution in [0.4, 0.5) is 0 Å². The average molecular weight is 231 g/mol. The van der Waals surface area contributed by atoms with Gasteiger partial charge < -0.3 is 4.90 Å². The van der Waals surface area contributed by atoms with Gasteiger partial charge in [-0.25, -0.2) is 0 Å². The Labute approximate surface area is 91.7 Å². The Hall–Kier alpha value is -0.580. The van der Waals surface area contributed by atoms with Gasteiger partial charge in [0, 0.05) is 18.5 Å². The van der Waals surface area contributed by atoms with Crippen LogP contribution >= 0.6 is 22.9 Å². The molecule has 1 atom stereocenters. The first-order chi connectivity index (χ1) is 6.66. The predicted molar refractivity (Wildman–Crippen MR) is 57.7 cm³/mol. The molecule has 1 aromatic heterocycles. The first kappa shape index (κ1) is 9.96. The lowest BCUT2D eigenvalue weighted by atomic mass is 10.2. The van der Waals surface area contributed by atoms with Crippen LogP contribution in [-0.2, 0) is 4.79 Å². The summed E-state index contributed by atoms with van der Waals surface area (Å²) in [6.45, 7) is 1.13. The van der Waals surface area contributed by atoms with Gasteiger partial charge in [-0.3, -0.25) is 10.1 Å². The number of nitrogens with one attached hydrogen (secondary N) is 1. The van der Waals surface area contributed by atoms with Gasteiger partial charge in [0.1, 0.15) is 0 Å². The molecule has 1 saturated heterocycles. The van der Waals surface area contributed by atoms with Crippen molar-refractivity contribution in [1.82, 2.24) is 10.2 Å². The predicted octanol–water partition coefficient (Wildman–Crippen LogP) is 1.50. The Kier molecular flexibility index (Phi) is 2.76. The van der Waals surface area contributed by atoms with Crippen molar-refractivity contribution in [2.75, 3.05) is 20.1 Å². The Morgan fingerprint density at radius 3 is 3.00 bits per heavy atom. The van der Waals surface area contributed by atoms with Crippen molar-refractivity contribution in [2.45, 2.75) is 6.04 Å². The zero-order chi connectivity index (χ0) is 10.1. The fraction of sp³-hybridized carbons (Fsp3) is 0.444. The van der Waals surface area contributed by atoms with Gasteiger partial charge in [0.05, 0.1) is 16.9 Å². The molecule has 0 aromatic carbocycles. The average Bonchev–Trinajstić information content (AvgIpc) is 2.57. The minimum absolute atomic E-state index is 0.143. The number of hydrogen-bond acceptors (Lipinski definition) is 3. The molecule has 1 amide bonds. The van der Waals surface area contributed by atoms with Crippen molar-refractivity contribution in [3.63, 3.8) is 0 Å². The van der Waals surface area contributed by atoms with Gasteiger partial charge in [-0.2, -0.15) is 0 Å². The summed E-state index contributed by atoms with van der Waals surface area (Å²) >= 11 is 7.42. The van der Waals surface area contributed by atoms with Crippen LogP contribution in [0.3, 0.4) is 0 Å². The van der Waals surface area contributed by atoms with Gasteiger partial charge in [0.15, 0.2) is 0 Å². The number of halogens is 1. The molecule has 0 bridgehead atoms. The van der Waals surface area contributed by atoms with E-state index in [4.69, 9.17) is 11.6 Å². The summed E-state index contributed by atoms with van der Waals surface area (Å²) in [5.41, 5.74) is 0. The first-order valence-corrected chi connectivity index (χ1v) is 5.59. The largest absolute Gasteiger partial charge is 0.343 e. The highest BCUT2D eigenvalue weighted by Crippen LogP contribution is 2.28. The topological polar surface area (TPSA) is 32.3 Å². The minimum Gasteiger partial charge on any atom is -0.343 e. The van der Waals surface area contributed by atoms with Gasteiger partial charge in [0.25, 0.3) is 0 Å². The standard InChI is InChI=1S/C9H11ClN2OS/c1-12-5-6(11-4-9(12)13)7-2-3-8(10)14-7/h2-3,6,11H,4-5H2,1H3. The molecule has 0 spiro atoms. The highest BCUT2D eigenvalue weighted by atomic mass is 35.5. The molecule has 0 saturated carbocycles. The van der Waals surface area contributed by atoms with Crippen LogP contribution in [0.1, 0.15) is 10.9 Å². The number of likely N-dealkylation sites (N-methyl/N-ethyl adjacent to an activating group) is 1. The van der Waals surface area contributed by atoms with E-state index in [1.807, 2.05) is 19.2 Å². The molecule has 2 heterocycles. The van der Waals surface area contributed by atoms with Gasteiger partial charge in [-0.1, -0.05) is 11.6 Å². The number of nitrogens with zero attached hydrogens (tertiary/aromatic N) is 1.